The van der Waals surface area contributed by atoms with Gasteiger partial charge in [-0.25, -0.2) is 0 Å². The molecule has 0 saturated carbocycles. The van der Waals surface area contributed by atoms with Gasteiger partial charge in [0, 0.05) is 36.3 Å². The van der Waals surface area contributed by atoms with Crippen LogP contribution in [0.5, 0.6) is 0 Å². The molecule has 2 aromatic rings. The van der Waals surface area contributed by atoms with Crippen molar-refractivity contribution in [2.75, 3.05) is 23.9 Å². The lowest BCUT2D eigenvalue weighted by Crippen LogP contribution is -2.41. The van der Waals surface area contributed by atoms with Gasteiger partial charge in [-0.2, -0.15) is 4.99 Å². The average Bonchev–Trinajstić information content (AvgIpc) is 3.17. The van der Waals surface area contributed by atoms with E-state index in [0.29, 0.717) is 23.8 Å². The van der Waals surface area contributed by atoms with Gasteiger partial charge in [0.05, 0.1) is 0 Å². The third-order valence-corrected chi connectivity index (χ3v) is 4.45. The highest BCUT2D eigenvalue weighted by Crippen LogP contribution is 2.22. The van der Waals surface area contributed by atoms with Crippen molar-refractivity contribution in [1.82, 2.24) is 10.2 Å². The molecule has 139 valence electrons. The standard InChI is InChI=1S/C21H19N5O2/c1-22-20(27)15-6-5-9-17(12-15)25-11-10-19-24-18(13-26(19)14-25)21(28)23-16-7-3-2-4-8-16/h2-13H,14H2,1H3,(H,22,27)(H,23,28)/q+1. The number of hydrogen-bond donors (Lipinski definition) is 2. The van der Waals surface area contributed by atoms with Crippen LogP contribution >= 0.6 is 0 Å². The van der Waals surface area contributed by atoms with Gasteiger partial charge in [0.2, 0.25) is 6.67 Å². The predicted octanol–water partition coefficient (Wildman–Crippen LogP) is 2.37. The van der Waals surface area contributed by atoms with E-state index in [1.165, 1.54) is 0 Å². The van der Waals surface area contributed by atoms with Crippen molar-refractivity contribution in [1.29, 1.82) is 0 Å². The van der Waals surface area contributed by atoms with Crippen LogP contribution in [0.2, 0.25) is 0 Å². The van der Waals surface area contributed by atoms with Crippen molar-refractivity contribution in [2.45, 2.75) is 0 Å². The van der Waals surface area contributed by atoms with Crippen molar-refractivity contribution in [3.05, 3.63) is 84.3 Å². The zero-order chi connectivity index (χ0) is 19.5. The monoisotopic (exact) mass is 373 g/mol. The Kier molecular flexibility index (Phi) is 4.74. The lowest BCUT2D eigenvalue weighted by molar-refractivity contribution is -0.112. The lowest BCUT2D eigenvalue weighted by atomic mass is 10.1. The summed E-state index contributed by atoms with van der Waals surface area (Å²) < 4.78 is 0. The Morgan fingerprint density at radius 1 is 1.07 bits per heavy atom. The molecule has 4 rings (SSSR count). The molecule has 1 radical (unpaired) electrons. The van der Waals surface area contributed by atoms with Crippen LogP contribution in [0.25, 0.3) is 0 Å². The number of fused-ring (bicyclic) bond motifs is 1. The van der Waals surface area contributed by atoms with E-state index in [4.69, 9.17) is 0 Å². The summed E-state index contributed by atoms with van der Waals surface area (Å²) in [5.74, 6) is 0.317. The SMILES string of the molecule is CNC(=O)c1cccc(N2C=CC3=NC(C(=O)Nc4ccccc4)=C[N+]3C2)c1. The van der Waals surface area contributed by atoms with Crippen LogP contribution in [0.4, 0.5) is 11.4 Å². The van der Waals surface area contributed by atoms with E-state index in [2.05, 4.69) is 15.6 Å². The number of amides is 2. The summed E-state index contributed by atoms with van der Waals surface area (Å²) in [5, 5.41) is 5.47. The molecule has 0 atom stereocenters. The summed E-state index contributed by atoms with van der Waals surface area (Å²) in [5.41, 5.74) is 2.55. The molecule has 0 aliphatic carbocycles. The van der Waals surface area contributed by atoms with E-state index < -0.39 is 0 Å². The van der Waals surface area contributed by atoms with Crippen molar-refractivity contribution in [3.63, 3.8) is 0 Å². The smallest absolute Gasteiger partial charge is 0.285 e. The molecule has 0 fully saturated rings. The number of nitrogens with one attached hydrogen (secondary N) is 2. The maximum Gasteiger partial charge on any atom is 0.285 e. The quantitative estimate of drug-likeness (QED) is 0.808. The Labute approximate surface area is 162 Å². The fraction of sp³-hybridized carbons (Fsp3) is 0.0952. The largest absolute Gasteiger partial charge is 0.355 e. The first-order valence-corrected chi connectivity index (χ1v) is 8.84. The summed E-state index contributed by atoms with van der Waals surface area (Å²) in [4.78, 5) is 32.6. The number of carbonyl (C=O) groups is 2. The zero-order valence-electron chi connectivity index (χ0n) is 15.3. The number of benzene rings is 2. The predicted molar refractivity (Wildman–Crippen MR) is 109 cm³/mol. The highest BCUT2D eigenvalue weighted by Gasteiger charge is 2.35. The molecule has 28 heavy (non-hydrogen) atoms. The summed E-state index contributed by atoms with van der Waals surface area (Å²) in [6.45, 7) is 0.495. The van der Waals surface area contributed by atoms with Crippen LogP contribution in [-0.2, 0) is 4.79 Å². The molecule has 2 aromatic carbocycles. The molecule has 2 amide bonds. The second kappa shape index (κ2) is 7.50. The Balaban J connectivity index is 1.49. The molecular formula is C21H19N5O2+. The van der Waals surface area contributed by atoms with Gasteiger partial charge >= 0.3 is 0 Å². The number of aliphatic imine (C=N–C) groups is 1. The molecule has 0 bridgehead atoms. The molecule has 2 heterocycles. The van der Waals surface area contributed by atoms with Gasteiger partial charge in [-0.15, -0.1) is 0 Å². The Hall–Kier alpha value is -3.71. The summed E-state index contributed by atoms with van der Waals surface area (Å²) in [6.07, 6.45) is 5.46. The molecular weight excluding hydrogens is 354 g/mol. The second-order valence-corrected chi connectivity index (χ2v) is 6.33. The third kappa shape index (κ3) is 3.56. The maximum absolute atomic E-state index is 12.5. The van der Waals surface area contributed by atoms with Gasteiger partial charge in [-0.05, 0) is 30.3 Å². The van der Waals surface area contributed by atoms with Gasteiger partial charge in [-0.3, -0.25) is 14.5 Å². The van der Waals surface area contributed by atoms with E-state index in [1.54, 1.807) is 19.3 Å². The minimum Gasteiger partial charge on any atom is -0.355 e. The number of nitrogens with zero attached hydrogens (tertiary/aromatic N) is 3. The van der Waals surface area contributed by atoms with Crippen LogP contribution in [0.1, 0.15) is 10.4 Å². The first-order chi connectivity index (χ1) is 13.6. The molecule has 7 heteroatoms. The first-order valence-electron chi connectivity index (χ1n) is 8.84. The van der Waals surface area contributed by atoms with Gasteiger partial charge in [-0.1, -0.05) is 29.2 Å². The zero-order valence-corrected chi connectivity index (χ0v) is 15.3. The van der Waals surface area contributed by atoms with Gasteiger partial charge in [0.25, 0.3) is 17.6 Å². The highest BCUT2D eigenvalue weighted by molar-refractivity contribution is 6.10. The molecule has 2 aliphatic rings. The molecule has 0 aromatic heterocycles. The highest BCUT2D eigenvalue weighted by atomic mass is 16.2. The van der Waals surface area contributed by atoms with Crippen LogP contribution in [-0.4, -0.2) is 31.4 Å². The number of anilines is 2. The van der Waals surface area contributed by atoms with Crippen molar-refractivity contribution < 1.29 is 9.59 Å². The number of rotatable bonds is 4. The number of para-hydroxylation sites is 1. The van der Waals surface area contributed by atoms with Crippen LogP contribution in [0, 0.1) is 0 Å². The van der Waals surface area contributed by atoms with Crippen LogP contribution < -0.4 is 20.4 Å². The first kappa shape index (κ1) is 17.7. The molecule has 2 aliphatic heterocycles. The fourth-order valence-corrected chi connectivity index (χ4v) is 3.01. The summed E-state index contributed by atoms with van der Waals surface area (Å²) in [7, 11) is 1.61. The third-order valence-electron chi connectivity index (χ3n) is 4.45. The van der Waals surface area contributed by atoms with Gasteiger partial charge in [0.15, 0.2) is 11.9 Å². The van der Waals surface area contributed by atoms with Crippen molar-refractivity contribution in [3.8, 4) is 0 Å². The maximum atomic E-state index is 12.5. The number of amidine groups is 1. The average molecular weight is 373 g/mol. The minimum atomic E-state index is -0.255. The minimum absolute atomic E-state index is 0.133. The molecule has 0 unspecified atom stereocenters. The molecule has 2 N–H and O–H groups in total. The Morgan fingerprint density at radius 3 is 2.68 bits per heavy atom. The van der Waals surface area contributed by atoms with E-state index in [0.717, 1.165) is 11.4 Å². The fourth-order valence-electron chi connectivity index (χ4n) is 3.01. The van der Waals surface area contributed by atoms with Crippen molar-refractivity contribution in [2.24, 2.45) is 4.99 Å². The van der Waals surface area contributed by atoms with Crippen LogP contribution in [0.3, 0.4) is 0 Å². The Bertz CT molecular complexity index is 1010. The molecule has 7 nitrogen and oxygen atoms in total. The van der Waals surface area contributed by atoms with Crippen LogP contribution in [0.15, 0.2) is 83.8 Å². The normalized spacial score (nSPS) is 15.5. The Morgan fingerprint density at radius 2 is 1.89 bits per heavy atom. The van der Waals surface area contributed by atoms with E-state index in [9.17, 15) is 9.59 Å². The summed E-state index contributed by atoms with van der Waals surface area (Å²) in [6, 6.07) is 16.6. The number of hydrogen-bond acceptors (Lipinski definition) is 5. The second-order valence-electron chi connectivity index (χ2n) is 6.33. The van der Waals surface area contributed by atoms with E-state index >= 15 is 0 Å². The number of carbonyl (C=O) groups excluding carboxylic acids is 2. The van der Waals surface area contributed by atoms with Gasteiger partial charge < -0.3 is 10.6 Å². The van der Waals surface area contributed by atoms with Gasteiger partial charge in [0.1, 0.15) is 0 Å². The molecule has 0 spiro atoms. The summed E-state index contributed by atoms with van der Waals surface area (Å²) >= 11 is 0. The molecule has 0 saturated heterocycles. The van der Waals surface area contributed by atoms with E-state index in [1.807, 2.05) is 70.6 Å². The van der Waals surface area contributed by atoms with E-state index in [-0.39, 0.29) is 11.8 Å². The van der Waals surface area contributed by atoms with Crippen molar-refractivity contribution >= 4 is 29.0 Å². The topological polar surface area (TPSA) is 79.7 Å². The lowest BCUT2D eigenvalue weighted by Gasteiger charge is -2.22.